The highest BCUT2D eigenvalue weighted by atomic mass is 35.5. The van der Waals surface area contributed by atoms with Gasteiger partial charge in [-0.3, -0.25) is 4.68 Å². The van der Waals surface area contributed by atoms with E-state index in [1.165, 1.54) is 0 Å². The lowest BCUT2D eigenvalue weighted by Crippen LogP contribution is -2.49. The Morgan fingerprint density at radius 3 is 2.90 bits per heavy atom. The van der Waals surface area contributed by atoms with Crippen molar-refractivity contribution in [1.29, 1.82) is 0 Å². The van der Waals surface area contributed by atoms with Gasteiger partial charge in [0.25, 0.3) is 0 Å². The second kappa shape index (κ2) is 9.66. The summed E-state index contributed by atoms with van der Waals surface area (Å²) in [5.74, 6) is 0. The molecule has 1 aliphatic heterocycles. The number of halogens is 1. The molecule has 1 fully saturated rings. The fourth-order valence-electron chi connectivity index (χ4n) is 3.50. The Morgan fingerprint density at radius 2 is 2.17 bits per heavy atom. The topological polar surface area (TPSA) is 81.5 Å². The summed E-state index contributed by atoms with van der Waals surface area (Å²) in [6.07, 6.45) is 7.05. The molecule has 0 saturated carbocycles. The number of anilines is 1. The molecule has 164 valence electrons. The number of hydrogen-bond donors (Lipinski definition) is 1. The molecule has 1 aliphatic rings. The van der Waals surface area contributed by atoms with Gasteiger partial charge >= 0.3 is 6.09 Å². The second-order valence-corrected chi connectivity index (χ2v) is 8.83. The van der Waals surface area contributed by atoms with Gasteiger partial charge in [-0.1, -0.05) is 11.6 Å². The highest BCUT2D eigenvalue weighted by Gasteiger charge is 2.26. The lowest BCUT2D eigenvalue weighted by Gasteiger charge is -2.36. The number of piperidine rings is 1. The average Bonchev–Trinajstić information content (AvgIpc) is 3.13. The van der Waals surface area contributed by atoms with Gasteiger partial charge in [-0.05, 0) is 39.7 Å². The van der Waals surface area contributed by atoms with Gasteiger partial charge in [-0.2, -0.15) is 5.10 Å². The van der Waals surface area contributed by atoms with Crippen LogP contribution in [0.2, 0.25) is 5.15 Å². The molecule has 0 spiro atoms. The number of nitrogens with one attached hydrogen (secondary N) is 1. The van der Waals surface area contributed by atoms with Crippen LogP contribution in [-0.4, -0.2) is 59.3 Å². The molecule has 3 heterocycles. The third-order valence-electron chi connectivity index (χ3n) is 4.80. The van der Waals surface area contributed by atoms with E-state index < -0.39 is 5.60 Å². The first-order valence-corrected chi connectivity index (χ1v) is 10.5. The molecule has 3 rings (SSSR count). The SMILES string of the molecule is COCCn1cc(-c2cnc(Cl)cc2N2CCC[C@H](NC(=O)OC(C)(C)C)C2)cn1. The van der Waals surface area contributed by atoms with Crippen LogP contribution in [0.25, 0.3) is 11.1 Å². The van der Waals surface area contributed by atoms with Crippen LogP contribution in [0.3, 0.4) is 0 Å². The Balaban J connectivity index is 1.77. The maximum atomic E-state index is 12.2. The Labute approximate surface area is 182 Å². The fraction of sp³-hybridized carbons (Fsp3) is 0.571. The summed E-state index contributed by atoms with van der Waals surface area (Å²) in [7, 11) is 1.67. The lowest BCUT2D eigenvalue weighted by molar-refractivity contribution is 0.0500. The smallest absolute Gasteiger partial charge is 0.407 e. The third-order valence-corrected chi connectivity index (χ3v) is 5.01. The van der Waals surface area contributed by atoms with E-state index in [1.807, 2.05) is 43.9 Å². The van der Waals surface area contributed by atoms with Crippen molar-refractivity contribution in [3.63, 3.8) is 0 Å². The van der Waals surface area contributed by atoms with Crippen molar-refractivity contribution < 1.29 is 14.3 Å². The van der Waals surface area contributed by atoms with Gasteiger partial charge in [0.2, 0.25) is 0 Å². The normalized spacial score (nSPS) is 17.1. The van der Waals surface area contributed by atoms with E-state index in [1.54, 1.807) is 13.3 Å². The number of methoxy groups -OCH3 is 1. The molecule has 9 heteroatoms. The highest BCUT2D eigenvalue weighted by molar-refractivity contribution is 6.29. The molecule has 1 amide bonds. The van der Waals surface area contributed by atoms with Crippen LogP contribution in [0.5, 0.6) is 0 Å². The first kappa shape index (κ1) is 22.4. The summed E-state index contributed by atoms with van der Waals surface area (Å²) in [5, 5.41) is 7.84. The van der Waals surface area contributed by atoms with E-state index >= 15 is 0 Å². The van der Waals surface area contributed by atoms with Crippen molar-refractivity contribution in [2.75, 3.05) is 31.7 Å². The van der Waals surface area contributed by atoms with Crippen LogP contribution in [0, 0.1) is 0 Å². The van der Waals surface area contributed by atoms with E-state index in [0.717, 1.165) is 36.2 Å². The van der Waals surface area contributed by atoms with Crippen LogP contribution in [-0.2, 0) is 16.0 Å². The maximum Gasteiger partial charge on any atom is 0.407 e. The fourth-order valence-corrected chi connectivity index (χ4v) is 3.65. The van der Waals surface area contributed by atoms with Crippen LogP contribution < -0.4 is 10.2 Å². The number of alkyl carbamates (subject to hydrolysis) is 1. The van der Waals surface area contributed by atoms with Gasteiger partial charge < -0.3 is 19.7 Å². The van der Waals surface area contributed by atoms with Crippen LogP contribution in [0.15, 0.2) is 24.7 Å². The molecule has 1 N–H and O–H groups in total. The lowest BCUT2D eigenvalue weighted by atomic mass is 10.0. The minimum atomic E-state index is -0.521. The van der Waals surface area contributed by atoms with Crippen molar-refractivity contribution in [2.24, 2.45) is 0 Å². The van der Waals surface area contributed by atoms with Crippen molar-refractivity contribution in [3.8, 4) is 11.1 Å². The molecule has 0 aromatic carbocycles. The first-order chi connectivity index (χ1) is 14.2. The molecular weight excluding hydrogens is 406 g/mol. The van der Waals surface area contributed by atoms with Gasteiger partial charge in [0.05, 0.1) is 19.3 Å². The summed E-state index contributed by atoms with van der Waals surface area (Å²) in [4.78, 5) is 18.7. The van der Waals surface area contributed by atoms with Crippen molar-refractivity contribution in [2.45, 2.75) is 51.8 Å². The number of amides is 1. The van der Waals surface area contributed by atoms with Gasteiger partial charge in [0.1, 0.15) is 10.8 Å². The summed E-state index contributed by atoms with van der Waals surface area (Å²) in [6, 6.07) is 1.87. The van der Waals surface area contributed by atoms with Gasteiger partial charge in [-0.15, -0.1) is 0 Å². The summed E-state index contributed by atoms with van der Waals surface area (Å²) < 4.78 is 12.4. The van der Waals surface area contributed by atoms with E-state index in [-0.39, 0.29) is 12.1 Å². The minimum Gasteiger partial charge on any atom is -0.444 e. The predicted octanol–water partition coefficient (Wildman–Crippen LogP) is 3.74. The van der Waals surface area contributed by atoms with E-state index in [9.17, 15) is 4.79 Å². The first-order valence-electron chi connectivity index (χ1n) is 10.2. The Kier molecular flexibility index (Phi) is 7.20. The highest BCUT2D eigenvalue weighted by Crippen LogP contribution is 2.33. The van der Waals surface area contributed by atoms with Gasteiger partial charge in [-0.25, -0.2) is 9.78 Å². The number of rotatable bonds is 6. The number of pyridine rings is 1. The largest absolute Gasteiger partial charge is 0.444 e. The number of nitrogens with zero attached hydrogens (tertiary/aromatic N) is 4. The standard InChI is InChI=1S/C21H30ClN5O3/c1-21(2,3)30-20(28)25-16-6-5-7-26(14-16)18-10-19(22)23-12-17(18)15-11-24-27(13-15)8-9-29-4/h10-13,16H,5-9,14H2,1-4H3,(H,25,28)/t16-/m0/s1. The molecule has 2 aromatic heterocycles. The van der Waals surface area contributed by atoms with Crippen molar-refractivity contribution in [3.05, 3.63) is 29.8 Å². The average molecular weight is 436 g/mol. The summed E-state index contributed by atoms with van der Waals surface area (Å²) in [5.41, 5.74) is 2.39. The summed E-state index contributed by atoms with van der Waals surface area (Å²) >= 11 is 6.23. The molecule has 2 aromatic rings. The molecule has 0 aliphatic carbocycles. The molecule has 1 atom stereocenters. The van der Waals surface area contributed by atoms with Gasteiger partial charge in [0.15, 0.2) is 0 Å². The van der Waals surface area contributed by atoms with Crippen LogP contribution >= 0.6 is 11.6 Å². The molecule has 8 nitrogen and oxygen atoms in total. The monoisotopic (exact) mass is 435 g/mol. The zero-order valence-corrected chi connectivity index (χ0v) is 18.8. The molecular formula is C21H30ClN5O3. The number of hydrogen-bond acceptors (Lipinski definition) is 6. The third kappa shape index (κ3) is 6.09. The minimum absolute atomic E-state index is 0.00202. The van der Waals surface area contributed by atoms with Crippen molar-refractivity contribution in [1.82, 2.24) is 20.1 Å². The molecule has 0 radical (unpaired) electrons. The Bertz CT molecular complexity index is 865. The number of carbonyl (C=O) groups is 1. The second-order valence-electron chi connectivity index (χ2n) is 8.44. The zero-order valence-electron chi connectivity index (χ0n) is 18.0. The van der Waals surface area contributed by atoms with Crippen LogP contribution in [0.1, 0.15) is 33.6 Å². The maximum absolute atomic E-state index is 12.2. The van der Waals surface area contributed by atoms with Crippen molar-refractivity contribution >= 4 is 23.4 Å². The Morgan fingerprint density at radius 1 is 1.37 bits per heavy atom. The van der Waals surface area contributed by atoms with E-state index in [4.69, 9.17) is 21.1 Å². The molecule has 30 heavy (non-hydrogen) atoms. The number of ether oxygens (including phenoxy) is 2. The number of aromatic nitrogens is 3. The summed E-state index contributed by atoms with van der Waals surface area (Å²) in [6.45, 7) is 8.39. The molecule has 0 bridgehead atoms. The van der Waals surface area contributed by atoms with Gasteiger partial charge in [0, 0.05) is 55.4 Å². The quantitative estimate of drug-likeness (QED) is 0.696. The predicted molar refractivity (Wildman–Crippen MR) is 117 cm³/mol. The van der Waals surface area contributed by atoms with Crippen LogP contribution in [0.4, 0.5) is 10.5 Å². The zero-order chi connectivity index (χ0) is 21.7. The molecule has 1 saturated heterocycles. The molecule has 0 unspecified atom stereocenters. The number of carbonyl (C=O) groups excluding carboxylic acids is 1. The van der Waals surface area contributed by atoms with E-state index in [2.05, 4.69) is 20.3 Å². The Hall–Kier alpha value is -2.32. The van der Waals surface area contributed by atoms with E-state index in [0.29, 0.717) is 24.8 Å².